The number of nitrogens with zero attached hydrogens (tertiary/aromatic N) is 7. The Hall–Kier alpha value is -5.58. The van der Waals surface area contributed by atoms with E-state index in [1.807, 2.05) is 18.2 Å². The van der Waals surface area contributed by atoms with Gasteiger partial charge in [0.2, 0.25) is 0 Å². The van der Waals surface area contributed by atoms with Crippen molar-refractivity contribution in [3.8, 4) is 11.3 Å². The van der Waals surface area contributed by atoms with Crippen molar-refractivity contribution < 1.29 is 23.8 Å². The van der Waals surface area contributed by atoms with Gasteiger partial charge in [0.25, 0.3) is 0 Å². The molecule has 0 unspecified atom stereocenters. The highest BCUT2D eigenvalue weighted by Crippen LogP contribution is 2.40. The Morgan fingerprint density at radius 1 is 0.952 bits per heavy atom. The quantitative estimate of drug-likeness (QED) is 0.0996. The molecule has 5 aromatic rings. The average molecular weight is 562 g/mol. The molecule has 0 amide bonds. The number of esters is 2. The molecule has 0 aliphatic carbocycles. The van der Waals surface area contributed by atoms with E-state index < -0.39 is 30.4 Å². The number of ether oxygens (including phenoxy) is 3. The molecule has 4 heterocycles. The normalized spacial score (nSPS) is 17.9. The van der Waals surface area contributed by atoms with E-state index in [1.165, 1.54) is 6.33 Å². The summed E-state index contributed by atoms with van der Waals surface area (Å²) < 4.78 is 19.6. The minimum atomic E-state index is -0.855. The van der Waals surface area contributed by atoms with Gasteiger partial charge in [0, 0.05) is 29.3 Å². The summed E-state index contributed by atoms with van der Waals surface area (Å²) in [6.45, 7) is -0.0606. The second kappa shape index (κ2) is 11.9. The van der Waals surface area contributed by atoms with Crippen LogP contribution in [0.5, 0.6) is 0 Å². The molecular formula is C30H23N7O5. The van der Waals surface area contributed by atoms with Crippen LogP contribution in [0.1, 0.15) is 33.4 Å². The number of rotatable bonds is 8. The number of pyridine rings is 1. The number of benzene rings is 2. The number of aromatic nitrogens is 4. The number of hydrogen-bond acceptors (Lipinski definition) is 9. The zero-order valence-electron chi connectivity index (χ0n) is 22.1. The van der Waals surface area contributed by atoms with Crippen molar-refractivity contribution in [3.63, 3.8) is 0 Å². The largest absolute Gasteiger partial charge is 0.459 e. The highest BCUT2D eigenvalue weighted by atomic mass is 16.6. The van der Waals surface area contributed by atoms with Gasteiger partial charge >= 0.3 is 11.9 Å². The van der Waals surface area contributed by atoms with Gasteiger partial charge in [0.15, 0.2) is 6.23 Å². The van der Waals surface area contributed by atoms with Crippen molar-refractivity contribution in [1.82, 2.24) is 19.5 Å². The van der Waals surface area contributed by atoms with Gasteiger partial charge in [-0.1, -0.05) is 42.5 Å². The van der Waals surface area contributed by atoms with E-state index in [4.69, 9.17) is 14.2 Å². The van der Waals surface area contributed by atoms with Gasteiger partial charge < -0.3 is 18.8 Å². The molecule has 3 aromatic heterocycles. The molecule has 1 aliphatic heterocycles. The van der Waals surface area contributed by atoms with E-state index in [9.17, 15) is 15.1 Å². The third kappa shape index (κ3) is 5.39. The predicted octanol–water partition coefficient (Wildman–Crippen LogP) is 5.81. The fraction of sp³-hybridized carbons (Fsp3) is 0.167. The fourth-order valence-corrected chi connectivity index (χ4v) is 4.88. The lowest BCUT2D eigenvalue weighted by Crippen LogP contribution is -2.25. The Kier molecular flexibility index (Phi) is 7.54. The maximum Gasteiger partial charge on any atom is 0.338 e. The lowest BCUT2D eigenvalue weighted by molar-refractivity contribution is -0.0591. The van der Waals surface area contributed by atoms with E-state index in [0.717, 1.165) is 0 Å². The van der Waals surface area contributed by atoms with Gasteiger partial charge in [0.1, 0.15) is 30.5 Å². The van der Waals surface area contributed by atoms with E-state index in [2.05, 4.69) is 25.0 Å². The topological polar surface area (TPSA) is 154 Å². The fourth-order valence-electron chi connectivity index (χ4n) is 4.88. The molecule has 12 nitrogen and oxygen atoms in total. The molecule has 0 spiro atoms. The van der Waals surface area contributed by atoms with Crippen molar-refractivity contribution in [1.29, 1.82) is 0 Å². The van der Waals surface area contributed by atoms with E-state index in [0.29, 0.717) is 33.4 Å². The zero-order valence-corrected chi connectivity index (χ0v) is 22.1. The predicted molar refractivity (Wildman–Crippen MR) is 150 cm³/mol. The molecule has 1 aliphatic rings. The minimum absolute atomic E-state index is 0.0606. The Morgan fingerprint density at radius 2 is 1.67 bits per heavy atom. The number of carbonyl (C=O) groups excluding carboxylic acids is 2. The van der Waals surface area contributed by atoms with E-state index >= 15 is 0 Å². The number of carbonyl (C=O) groups is 2. The van der Waals surface area contributed by atoms with Crippen LogP contribution in [0.3, 0.4) is 0 Å². The Morgan fingerprint density at radius 3 is 2.36 bits per heavy atom. The van der Waals surface area contributed by atoms with Crippen molar-refractivity contribution in [2.24, 2.45) is 5.11 Å². The van der Waals surface area contributed by atoms with Gasteiger partial charge in [-0.2, -0.15) is 0 Å². The monoisotopic (exact) mass is 561 g/mol. The lowest BCUT2D eigenvalue weighted by atomic mass is 10.1. The molecule has 0 radical (unpaired) electrons. The van der Waals surface area contributed by atoms with Gasteiger partial charge in [-0.05, 0) is 47.0 Å². The van der Waals surface area contributed by atoms with Crippen LogP contribution in [0.4, 0.5) is 5.82 Å². The van der Waals surface area contributed by atoms with Gasteiger partial charge in [-0.15, -0.1) is 0 Å². The first kappa shape index (κ1) is 26.6. The number of hydrogen-bond donors (Lipinski definition) is 0. The maximum atomic E-state index is 13.1. The lowest BCUT2D eigenvalue weighted by Gasteiger charge is -2.21. The second-order valence-corrected chi connectivity index (χ2v) is 9.41. The summed E-state index contributed by atoms with van der Waals surface area (Å²) in [7, 11) is 0. The third-order valence-corrected chi connectivity index (χ3v) is 6.77. The highest BCUT2D eigenvalue weighted by molar-refractivity contribution is 5.99. The molecule has 6 rings (SSSR count). The smallest absolute Gasteiger partial charge is 0.338 e. The second-order valence-electron chi connectivity index (χ2n) is 9.41. The van der Waals surface area contributed by atoms with Gasteiger partial charge in [-0.3, -0.25) is 4.98 Å². The van der Waals surface area contributed by atoms with Crippen molar-refractivity contribution >= 4 is 28.8 Å². The summed E-state index contributed by atoms with van der Waals surface area (Å²) >= 11 is 0. The van der Waals surface area contributed by atoms with Crippen LogP contribution in [0.25, 0.3) is 32.7 Å². The SMILES string of the molecule is [N-]=[N+]=Nc1ncnc2c1c(-c1ccccn1)cn2[C@@H]1O[C@H](COC(=O)c2ccccc2)C[C@H]1OC(=O)c1ccccc1. The number of azide groups is 1. The molecule has 12 heteroatoms. The van der Waals surface area contributed by atoms with Crippen molar-refractivity contribution in [3.05, 3.63) is 119 Å². The summed E-state index contributed by atoms with van der Waals surface area (Å²) in [5.41, 5.74) is 11.6. The molecule has 2 aromatic carbocycles. The Bertz CT molecular complexity index is 1770. The average Bonchev–Trinajstić information content (AvgIpc) is 3.63. The summed E-state index contributed by atoms with van der Waals surface area (Å²) in [6, 6.07) is 22.7. The van der Waals surface area contributed by atoms with Crippen LogP contribution in [0.15, 0.2) is 103 Å². The Balaban J connectivity index is 1.37. The third-order valence-electron chi connectivity index (χ3n) is 6.77. The maximum absolute atomic E-state index is 13.1. The molecule has 0 bridgehead atoms. The van der Waals surface area contributed by atoms with E-state index in [-0.39, 0.29) is 18.8 Å². The standard InChI is InChI=1S/C30H23N7O5/c31-36-35-26-25-22(23-13-7-8-14-32-23)16-37(27(25)34-18-33-26)28-24(42-30(39)20-11-5-2-6-12-20)15-21(41-28)17-40-29(38)19-9-3-1-4-10-19/h1-14,16,18,21,24,28H,15,17H2/t21-,24+,28+/m0/s1. The van der Waals surface area contributed by atoms with Crippen LogP contribution in [0, 0.1) is 0 Å². The summed E-state index contributed by atoms with van der Waals surface area (Å²) in [6.07, 6.45) is 2.70. The molecule has 208 valence electrons. The minimum Gasteiger partial charge on any atom is -0.459 e. The first-order chi connectivity index (χ1) is 20.6. The van der Waals surface area contributed by atoms with Gasteiger partial charge in [-0.25, -0.2) is 19.6 Å². The van der Waals surface area contributed by atoms with E-state index in [1.54, 1.807) is 77.6 Å². The van der Waals surface area contributed by atoms with Crippen LogP contribution >= 0.6 is 0 Å². The van der Waals surface area contributed by atoms with Crippen LogP contribution < -0.4 is 0 Å². The van der Waals surface area contributed by atoms with Crippen molar-refractivity contribution in [2.75, 3.05) is 6.61 Å². The van der Waals surface area contributed by atoms with Crippen LogP contribution in [-0.4, -0.2) is 50.3 Å². The molecule has 3 atom stereocenters. The Labute approximate surface area is 239 Å². The molecule has 1 saturated heterocycles. The summed E-state index contributed by atoms with van der Waals surface area (Å²) in [4.78, 5) is 41.7. The van der Waals surface area contributed by atoms with Crippen LogP contribution in [0.2, 0.25) is 0 Å². The summed E-state index contributed by atoms with van der Waals surface area (Å²) in [5, 5.41) is 4.23. The molecular weight excluding hydrogens is 538 g/mol. The molecule has 42 heavy (non-hydrogen) atoms. The van der Waals surface area contributed by atoms with Gasteiger partial charge in [0.05, 0.1) is 28.3 Å². The van der Waals surface area contributed by atoms with Crippen molar-refractivity contribution in [2.45, 2.75) is 24.9 Å². The molecule has 0 saturated carbocycles. The first-order valence-corrected chi connectivity index (χ1v) is 13.1. The first-order valence-electron chi connectivity index (χ1n) is 13.1. The molecule has 0 N–H and O–H groups in total. The van der Waals surface area contributed by atoms with Crippen LogP contribution in [-0.2, 0) is 14.2 Å². The highest BCUT2D eigenvalue weighted by Gasteiger charge is 2.41. The molecule has 1 fully saturated rings. The summed E-state index contributed by atoms with van der Waals surface area (Å²) in [5.74, 6) is -0.899. The zero-order chi connectivity index (χ0) is 28.9. The number of fused-ring (bicyclic) bond motifs is 1.